The first-order chi connectivity index (χ1) is 3.66. The van der Waals surface area contributed by atoms with Gasteiger partial charge in [0.25, 0.3) is 0 Å². The van der Waals surface area contributed by atoms with E-state index >= 15 is 0 Å². The monoisotopic (exact) mass is 116 g/mol. The summed E-state index contributed by atoms with van der Waals surface area (Å²) in [5.74, 6) is 0.330. The number of rotatable bonds is 1. The fraction of sp³-hybridized carbons (Fsp3) is 0.400. The molecule has 0 unspecified atom stereocenters. The second kappa shape index (κ2) is 3.07. The van der Waals surface area contributed by atoms with Gasteiger partial charge in [0.15, 0.2) is 0 Å². The van der Waals surface area contributed by atoms with Crippen molar-refractivity contribution in [2.24, 2.45) is 0 Å². The van der Waals surface area contributed by atoms with Crippen molar-refractivity contribution in [3.63, 3.8) is 0 Å². The highest BCUT2D eigenvalue weighted by Crippen LogP contribution is 1.91. The topological polar surface area (TPSA) is 35.5 Å². The standard InChI is InChI=1S/C5H8O3/c1-4(2)8-5(6)7-3/h1H2,2-3H3. The summed E-state index contributed by atoms with van der Waals surface area (Å²) < 4.78 is 8.48. The molecule has 0 amide bonds. The number of hydrogen-bond donors (Lipinski definition) is 0. The Balaban J connectivity index is 3.40. The van der Waals surface area contributed by atoms with E-state index in [9.17, 15) is 4.79 Å². The minimum Gasteiger partial charge on any atom is -0.437 e. The maximum atomic E-state index is 10.1. The summed E-state index contributed by atoms with van der Waals surface area (Å²) in [6.45, 7) is 4.89. The predicted molar refractivity (Wildman–Crippen MR) is 28.3 cm³/mol. The molecule has 0 aromatic heterocycles. The van der Waals surface area contributed by atoms with Crippen LogP contribution in [0.5, 0.6) is 0 Å². The molecular formula is C5H8O3. The van der Waals surface area contributed by atoms with Crippen LogP contribution < -0.4 is 0 Å². The molecule has 3 nitrogen and oxygen atoms in total. The summed E-state index contributed by atoms with van der Waals surface area (Å²) >= 11 is 0. The van der Waals surface area contributed by atoms with Crippen LogP contribution in [0.2, 0.25) is 0 Å². The number of carbonyl (C=O) groups excluding carboxylic acids is 1. The molecule has 0 fully saturated rings. The maximum absolute atomic E-state index is 10.1. The first kappa shape index (κ1) is 7.01. The van der Waals surface area contributed by atoms with Gasteiger partial charge >= 0.3 is 6.16 Å². The molecule has 0 radical (unpaired) electrons. The lowest BCUT2D eigenvalue weighted by Crippen LogP contribution is -2.00. The van der Waals surface area contributed by atoms with Crippen molar-refractivity contribution < 1.29 is 14.3 Å². The maximum Gasteiger partial charge on any atom is 0.513 e. The lowest BCUT2D eigenvalue weighted by atomic mass is 10.7. The van der Waals surface area contributed by atoms with Crippen molar-refractivity contribution in [3.8, 4) is 0 Å². The van der Waals surface area contributed by atoms with Gasteiger partial charge in [0, 0.05) is 0 Å². The Morgan fingerprint density at radius 1 is 1.62 bits per heavy atom. The van der Waals surface area contributed by atoms with Crippen LogP contribution in [0, 0.1) is 0 Å². The molecule has 8 heavy (non-hydrogen) atoms. The molecule has 3 heteroatoms. The van der Waals surface area contributed by atoms with Crippen LogP contribution in [-0.4, -0.2) is 13.3 Å². The highest BCUT2D eigenvalue weighted by Gasteiger charge is 1.97. The Kier molecular flexibility index (Phi) is 2.69. The number of allylic oxidation sites excluding steroid dienone is 1. The van der Waals surface area contributed by atoms with Gasteiger partial charge in [-0.25, -0.2) is 4.79 Å². The Hall–Kier alpha value is -0.990. The number of carbonyl (C=O) groups is 1. The molecular weight excluding hydrogens is 108 g/mol. The highest BCUT2D eigenvalue weighted by atomic mass is 16.7. The van der Waals surface area contributed by atoms with Crippen molar-refractivity contribution in [2.45, 2.75) is 6.92 Å². The third kappa shape index (κ3) is 3.21. The highest BCUT2D eigenvalue weighted by molar-refractivity contribution is 5.60. The summed E-state index contributed by atoms with van der Waals surface area (Å²) in [5.41, 5.74) is 0. The van der Waals surface area contributed by atoms with Gasteiger partial charge in [-0.15, -0.1) is 0 Å². The fourth-order valence-electron chi connectivity index (χ4n) is 0.184. The van der Waals surface area contributed by atoms with E-state index < -0.39 is 6.16 Å². The summed E-state index contributed by atoms with van der Waals surface area (Å²) in [6.07, 6.45) is -0.725. The number of hydrogen-bond acceptors (Lipinski definition) is 3. The lowest BCUT2D eigenvalue weighted by molar-refractivity contribution is 0.0979. The van der Waals surface area contributed by atoms with E-state index in [1.165, 1.54) is 7.11 Å². The summed E-state index contributed by atoms with van der Waals surface area (Å²) in [6, 6.07) is 0. The van der Waals surface area contributed by atoms with Gasteiger partial charge in [0.05, 0.1) is 7.11 Å². The molecule has 0 rings (SSSR count). The number of ether oxygens (including phenoxy) is 2. The zero-order chi connectivity index (χ0) is 6.57. The van der Waals surface area contributed by atoms with Gasteiger partial charge in [-0.3, -0.25) is 0 Å². The molecule has 0 aliphatic carbocycles. The molecule has 0 heterocycles. The van der Waals surface area contributed by atoms with E-state index in [1.807, 2.05) is 0 Å². The van der Waals surface area contributed by atoms with Crippen molar-refractivity contribution in [3.05, 3.63) is 12.3 Å². The molecule has 0 aromatic carbocycles. The summed E-state index contributed by atoms with van der Waals surface area (Å²) in [7, 11) is 1.24. The van der Waals surface area contributed by atoms with E-state index in [0.29, 0.717) is 5.76 Å². The zero-order valence-electron chi connectivity index (χ0n) is 4.93. The van der Waals surface area contributed by atoms with Crippen molar-refractivity contribution >= 4 is 6.16 Å². The Labute approximate surface area is 47.9 Å². The molecule has 0 aliphatic heterocycles. The van der Waals surface area contributed by atoms with Gasteiger partial charge in [0.2, 0.25) is 0 Å². The largest absolute Gasteiger partial charge is 0.513 e. The van der Waals surface area contributed by atoms with E-state index in [0.717, 1.165) is 0 Å². The van der Waals surface area contributed by atoms with Crippen molar-refractivity contribution in [1.29, 1.82) is 0 Å². The molecule has 0 saturated carbocycles. The molecule has 46 valence electrons. The fourth-order valence-corrected chi connectivity index (χ4v) is 0.184. The van der Waals surface area contributed by atoms with E-state index in [2.05, 4.69) is 16.1 Å². The van der Waals surface area contributed by atoms with E-state index in [-0.39, 0.29) is 0 Å². The van der Waals surface area contributed by atoms with Crippen molar-refractivity contribution in [2.75, 3.05) is 7.11 Å². The molecule has 0 saturated heterocycles. The molecule has 0 bridgehead atoms. The van der Waals surface area contributed by atoms with Crippen LogP contribution in [0.1, 0.15) is 6.92 Å². The quantitative estimate of drug-likeness (QED) is 0.382. The van der Waals surface area contributed by atoms with Crippen LogP contribution >= 0.6 is 0 Å². The Bertz CT molecular complexity index is 106. The zero-order valence-corrected chi connectivity index (χ0v) is 4.93. The summed E-state index contributed by atoms with van der Waals surface area (Å²) in [4.78, 5) is 10.1. The van der Waals surface area contributed by atoms with Gasteiger partial charge in [-0.05, 0) is 6.92 Å². The SMILES string of the molecule is C=C(C)OC(=O)OC. The molecule has 0 atom stereocenters. The average Bonchev–Trinajstić information content (AvgIpc) is 1.65. The second-order valence-electron chi connectivity index (χ2n) is 1.26. The van der Waals surface area contributed by atoms with Crippen LogP contribution in [-0.2, 0) is 9.47 Å². The van der Waals surface area contributed by atoms with Crippen molar-refractivity contribution in [1.82, 2.24) is 0 Å². The van der Waals surface area contributed by atoms with Gasteiger partial charge in [-0.1, -0.05) is 6.58 Å². The average molecular weight is 116 g/mol. The van der Waals surface area contributed by atoms with E-state index in [1.54, 1.807) is 6.92 Å². The third-order valence-electron chi connectivity index (χ3n) is 0.424. The Morgan fingerprint density at radius 3 is 2.25 bits per heavy atom. The molecule has 0 spiro atoms. The minimum absolute atomic E-state index is 0.330. The van der Waals surface area contributed by atoms with Crippen LogP contribution in [0.4, 0.5) is 4.79 Å². The second-order valence-corrected chi connectivity index (χ2v) is 1.26. The van der Waals surface area contributed by atoms with Crippen LogP contribution in [0.15, 0.2) is 12.3 Å². The van der Waals surface area contributed by atoms with Gasteiger partial charge in [0.1, 0.15) is 5.76 Å². The minimum atomic E-state index is -0.725. The summed E-state index contributed by atoms with van der Waals surface area (Å²) in [5, 5.41) is 0. The predicted octanol–water partition coefficient (Wildman–Crippen LogP) is 1.30. The molecule has 0 aliphatic rings. The van der Waals surface area contributed by atoms with Gasteiger partial charge < -0.3 is 9.47 Å². The smallest absolute Gasteiger partial charge is 0.437 e. The van der Waals surface area contributed by atoms with Gasteiger partial charge in [-0.2, -0.15) is 0 Å². The normalized spacial score (nSPS) is 7.75. The number of methoxy groups -OCH3 is 1. The molecule has 0 aromatic rings. The Morgan fingerprint density at radius 2 is 2.12 bits per heavy atom. The van der Waals surface area contributed by atoms with Crippen LogP contribution in [0.25, 0.3) is 0 Å². The van der Waals surface area contributed by atoms with E-state index in [4.69, 9.17) is 0 Å². The van der Waals surface area contributed by atoms with Crippen LogP contribution in [0.3, 0.4) is 0 Å². The lowest BCUT2D eigenvalue weighted by Gasteiger charge is -1.97. The first-order valence-electron chi connectivity index (χ1n) is 2.08. The molecule has 0 N–H and O–H groups in total. The third-order valence-corrected chi connectivity index (χ3v) is 0.424. The first-order valence-corrected chi connectivity index (χ1v) is 2.08.